The molecule has 6 rings (SSSR count). The first-order valence-corrected chi connectivity index (χ1v) is 13.3. The van der Waals surface area contributed by atoms with Crippen molar-refractivity contribution in [1.29, 1.82) is 5.26 Å². The third kappa shape index (κ3) is 4.90. The second kappa shape index (κ2) is 11.1. The first kappa shape index (κ1) is 26.6. The number of nitrogens with zero attached hydrogens (tertiary/aromatic N) is 4. The summed E-state index contributed by atoms with van der Waals surface area (Å²) in [7, 11) is 1.57. The van der Waals surface area contributed by atoms with Gasteiger partial charge in [-0.2, -0.15) is 10.4 Å². The van der Waals surface area contributed by atoms with Gasteiger partial charge in [0.2, 0.25) is 0 Å². The van der Waals surface area contributed by atoms with Gasteiger partial charge in [-0.1, -0.05) is 30.3 Å². The second-order valence-electron chi connectivity index (χ2n) is 9.79. The summed E-state index contributed by atoms with van der Waals surface area (Å²) in [4.78, 5) is 28.2. The molecule has 0 N–H and O–H groups in total. The Kier molecular flexibility index (Phi) is 7.03. The molecule has 2 aliphatic heterocycles. The van der Waals surface area contributed by atoms with E-state index in [9.17, 15) is 14.9 Å². The highest BCUT2D eigenvalue weighted by atomic mass is 16.6. The van der Waals surface area contributed by atoms with Crippen LogP contribution in [0.3, 0.4) is 0 Å². The van der Waals surface area contributed by atoms with Gasteiger partial charge in [0.25, 0.3) is 11.8 Å². The van der Waals surface area contributed by atoms with Crippen LogP contribution in [0.5, 0.6) is 17.2 Å². The van der Waals surface area contributed by atoms with E-state index in [1.54, 1.807) is 49.1 Å². The molecular formula is C33H26N4O5. The number of aromatic nitrogens is 2. The van der Waals surface area contributed by atoms with Crippen LogP contribution in [-0.4, -0.2) is 46.8 Å². The molecule has 0 unspecified atom stereocenters. The molecule has 9 heteroatoms. The molecule has 42 heavy (non-hydrogen) atoms. The maximum atomic E-state index is 13.9. The highest BCUT2D eigenvalue weighted by Gasteiger charge is 2.36. The van der Waals surface area contributed by atoms with Crippen LogP contribution in [0.1, 0.15) is 18.1 Å². The number of fused-ring (bicyclic) bond motifs is 1. The monoisotopic (exact) mass is 558 g/mol. The van der Waals surface area contributed by atoms with Gasteiger partial charge in [0.05, 0.1) is 19.3 Å². The van der Waals surface area contributed by atoms with Crippen molar-refractivity contribution in [3.05, 3.63) is 107 Å². The van der Waals surface area contributed by atoms with E-state index in [4.69, 9.17) is 19.3 Å². The number of nitriles is 1. The van der Waals surface area contributed by atoms with E-state index < -0.39 is 11.8 Å². The third-order valence-electron chi connectivity index (χ3n) is 7.20. The van der Waals surface area contributed by atoms with Gasteiger partial charge in [0.15, 0.2) is 11.5 Å². The quantitative estimate of drug-likeness (QED) is 0.239. The number of rotatable bonds is 6. The first-order chi connectivity index (χ1) is 20.5. The van der Waals surface area contributed by atoms with Crippen molar-refractivity contribution >= 4 is 17.9 Å². The molecule has 0 radical (unpaired) electrons. The molecule has 4 aromatic rings. The van der Waals surface area contributed by atoms with E-state index >= 15 is 0 Å². The highest BCUT2D eigenvalue weighted by Crippen LogP contribution is 2.37. The van der Waals surface area contributed by atoms with Crippen LogP contribution < -0.4 is 14.2 Å². The predicted octanol–water partition coefficient (Wildman–Crippen LogP) is 5.11. The third-order valence-corrected chi connectivity index (χ3v) is 7.20. The largest absolute Gasteiger partial charge is 0.497 e. The van der Waals surface area contributed by atoms with Crippen LogP contribution >= 0.6 is 0 Å². The number of carbonyl (C=O) groups excluding carboxylic acids is 2. The van der Waals surface area contributed by atoms with Gasteiger partial charge < -0.3 is 14.2 Å². The van der Waals surface area contributed by atoms with Gasteiger partial charge in [0, 0.05) is 22.9 Å². The molecule has 0 saturated carbocycles. The zero-order chi connectivity index (χ0) is 29.2. The van der Waals surface area contributed by atoms with Gasteiger partial charge in [-0.05, 0) is 66.6 Å². The van der Waals surface area contributed by atoms with Crippen LogP contribution in [0.25, 0.3) is 23.0 Å². The molecule has 1 aromatic heterocycles. The number of imide groups is 1. The smallest absolute Gasteiger partial charge is 0.271 e. The number of methoxy groups -OCH3 is 1. The molecule has 9 nitrogen and oxygen atoms in total. The van der Waals surface area contributed by atoms with Crippen LogP contribution in [0.2, 0.25) is 0 Å². The first-order valence-electron chi connectivity index (χ1n) is 13.3. The van der Waals surface area contributed by atoms with Gasteiger partial charge in [-0.15, -0.1) is 0 Å². The summed E-state index contributed by atoms with van der Waals surface area (Å²) in [6.07, 6.45) is 3.52. The molecule has 0 fully saturated rings. The van der Waals surface area contributed by atoms with Crippen molar-refractivity contribution in [3.63, 3.8) is 0 Å². The molecule has 2 aliphatic rings. The van der Waals surface area contributed by atoms with Gasteiger partial charge >= 0.3 is 0 Å². The van der Waals surface area contributed by atoms with Crippen molar-refractivity contribution in [2.45, 2.75) is 13.5 Å². The molecule has 3 heterocycles. The summed E-state index contributed by atoms with van der Waals surface area (Å²) in [5.41, 5.74) is 4.03. The Morgan fingerprint density at radius 2 is 1.71 bits per heavy atom. The zero-order valence-corrected chi connectivity index (χ0v) is 23.0. The van der Waals surface area contributed by atoms with Crippen LogP contribution in [0.4, 0.5) is 0 Å². The van der Waals surface area contributed by atoms with Crippen molar-refractivity contribution in [2.24, 2.45) is 0 Å². The van der Waals surface area contributed by atoms with Crippen molar-refractivity contribution in [1.82, 2.24) is 14.7 Å². The highest BCUT2D eigenvalue weighted by molar-refractivity contribution is 6.19. The van der Waals surface area contributed by atoms with E-state index in [2.05, 4.69) is 0 Å². The Balaban J connectivity index is 1.46. The van der Waals surface area contributed by atoms with E-state index in [1.807, 2.05) is 60.8 Å². The molecular weight excluding hydrogens is 532 g/mol. The maximum Gasteiger partial charge on any atom is 0.271 e. The van der Waals surface area contributed by atoms with Crippen molar-refractivity contribution in [2.75, 3.05) is 20.3 Å². The lowest BCUT2D eigenvalue weighted by molar-refractivity contribution is -0.141. The Morgan fingerprint density at radius 1 is 0.976 bits per heavy atom. The van der Waals surface area contributed by atoms with Gasteiger partial charge in [-0.25, -0.2) is 4.68 Å². The molecule has 3 aromatic carbocycles. The van der Waals surface area contributed by atoms with Crippen molar-refractivity contribution < 1.29 is 23.8 Å². The maximum absolute atomic E-state index is 13.9. The van der Waals surface area contributed by atoms with E-state index in [-0.39, 0.29) is 17.7 Å². The van der Waals surface area contributed by atoms with E-state index in [0.717, 1.165) is 21.7 Å². The van der Waals surface area contributed by atoms with Gasteiger partial charge in [0.1, 0.15) is 36.3 Å². The standard InChI is InChI=1S/C33H26N4O5/c1-21-27(32(38)36(33(39)28(21)18-34)19-22-8-11-26(40-2)12-9-22)16-24-20-37(25-6-4-3-5-7-25)35-31(24)23-10-13-29-30(17-23)42-15-14-41-29/h3-13,16-17,20H,14-15,19H2,1-2H3/b27-16+. The zero-order valence-electron chi connectivity index (χ0n) is 23.0. The summed E-state index contributed by atoms with van der Waals surface area (Å²) in [5, 5.41) is 14.8. The van der Waals surface area contributed by atoms with Crippen molar-refractivity contribution in [3.8, 4) is 40.3 Å². The Morgan fingerprint density at radius 3 is 2.43 bits per heavy atom. The number of amides is 2. The molecule has 0 spiro atoms. The number of ether oxygens (including phenoxy) is 3. The number of para-hydroxylation sites is 1. The van der Waals surface area contributed by atoms with Crippen LogP contribution in [0, 0.1) is 11.3 Å². The average Bonchev–Trinajstić information content (AvgIpc) is 3.46. The molecule has 0 saturated heterocycles. The normalized spacial score (nSPS) is 15.6. The summed E-state index contributed by atoms with van der Waals surface area (Å²) in [6, 6.07) is 24.3. The lowest BCUT2D eigenvalue weighted by Gasteiger charge is -2.27. The summed E-state index contributed by atoms with van der Waals surface area (Å²) in [5.74, 6) is 0.804. The van der Waals surface area contributed by atoms with E-state index in [1.165, 1.54) is 0 Å². The number of hydrogen-bond acceptors (Lipinski definition) is 7. The molecule has 0 aliphatic carbocycles. The molecule has 208 valence electrons. The van der Waals surface area contributed by atoms with E-state index in [0.29, 0.717) is 47.3 Å². The number of hydrogen-bond donors (Lipinski definition) is 0. The summed E-state index contributed by atoms with van der Waals surface area (Å²) >= 11 is 0. The fourth-order valence-electron chi connectivity index (χ4n) is 4.96. The fraction of sp³-hybridized carbons (Fsp3) is 0.152. The Labute approximate surface area is 242 Å². The van der Waals surface area contributed by atoms with Crippen LogP contribution in [-0.2, 0) is 16.1 Å². The minimum Gasteiger partial charge on any atom is -0.497 e. The fourth-order valence-corrected chi connectivity index (χ4v) is 4.96. The molecule has 0 bridgehead atoms. The average molecular weight is 559 g/mol. The predicted molar refractivity (Wildman–Crippen MR) is 155 cm³/mol. The Hall–Kier alpha value is -5.62. The number of carbonyl (C=O) groups is 2. The lowest BCUT2D eigenvalue weighted by Crippen LogP contribution is -2.42. The summed E-state index contributed by atoms with van der Waals surface area (Å²) < 4.78 is 18.4. The second-order valence-corrected chi connectivity index (χ2v) is 9.79. The summed E-state index contributed by atoms with van der Waals surface area (Å²) in [6.45, 7) is 2.55. The number of benzene rings is 3. The van der Waals surface area contributed by atoms with Crippen LogP contribution in [0.15, 0.2) is 95.7 Å². The molecule has 2 amide bonds. The lowest BCUT2D eigenvalue weighted by atomic mass is 9.93. The SMILES string of the molecule is COc1ccc(CN2C(=O)C(C#N)=C(C)/C(=C\c3cn(-c4ccccc4)nc3-c3ccc4c(c3)OCCO4)C2=O)cc1. The van der Waals surface area contributed by atoms with Gasteiger partial charge in [-0.3, -0.25) is 14.5 Å². The minimum atomic E-state index is -0.625. The molecule has 0 atom stereocenters. The Bertz CT molecular complexity index is 1800. The minimum absolute atomic E-state index is 0.00968. The topological polar surface area (TPSA) is 107 Å².